The van der Waals surface area contributed by atoms with E-state index in [4.69, 9.17) is 5.73 Å². The van der Waals surface area contributed by atoms with Crippen molar-refractivity contribution in [3.05, 3.63) is 29.6 Å². The van der Waals surface area contributed by atoms with Crippen LogP contribution in [0.2, 0.25) is 0 Å². The Morgan fingerprint density at radius 1 is 1.50 bits per heavy atom. The predicted molar refractivity (Wildman–Crippen MR) is 65.2 cm³/mol. The Hall–Kier alpha value is -1.09. The van der Waals surface area contributed by atoms with E-state index in [-0.39, 0.29) is 11.9 Å². The minimum atomic E-state index is -0.141. The third kappa shape index (κ3) is 2.53. The van der Waals surface area contributed by atoms with Gasteiger partial charge in [-0.15, -0.1) is 0 Å². The number of anilines is 1. The Morgan fingerprint density at radius 2 is 2.31 bits per heavy atom. The second kappa shape index (κ2) is 4.83. The van der Waals surface area contributed by atoms with Crippen LogP contribution in [-0.4, -0.2) is 19.1 Å². The molecule has 16 heavy (non-hydrogen) atoms. The average molecular weight is 222 g/mol. The first-order valence-corrected chi connectivity index (χ1v) is 5.96. The number of hydrogen-bond acceptors (Lipinski definition) is 2. The number of nitrogens with two attached hydrogens (primary N) is 1. The SMILES string of the molecule is CC(N)CCCN1CCc2ccc(F)cc21. The summed E-state index contributed by atoms with van der Waals surface area (Å²) >= 11 is 0. The van der Waals surface area contributed by atoms with Crippen LogP contribution in [-0.2, 0) is 6.42 Å². The van der Waals surface area contributed by atoms with Gasteiger partial charge in [-0.3, -0.25) is 0 Å². The molecule has 1 heterocycles. The quantitative estimate of drug-likeness (QED) is 0.847. The highest BCUT2D eigenvalue weighted by atomic mass is 19.1. The Bertz CT molecular complexity index is 363. The Labute approximate surface area is 96.2 Å². The normalized spacial score (nSPS) is 16.3. The number of rotatable bonds is 4. The third-order valence-corrected chi connectivity index (χ3v) is 3.13. The van der Waals surface area contributed by atoms with Crippen LogP contribution in [0.3, 0.4) is 0 Å². The van der Waals surface area contributed by atoms with Gasteiger partial charge in [-0.25, -0.2) is 4.39 Å². The fourth-order valence-corrected chi connectivity index (χ4v) is 2.26. The zero-order chi connectivity index (χ0) is 11.5. The van der Waals surface area contributed by atoms with Gasteiger partial charge in [0.15, 0.2) is 0 Å². The monoisotopic (exact) mass is 222 g/mol. The molecule has 1 aromatic rings. The van der Waals surface area contributed by atoms with Gasteiger partial charge in [-0.2, -0.15) is 0 Å². The summed E-state index contributed by atoms with van der Waals surface area (Å²) in [5.74, 6) is -0.141. The molecule has 1 atom stereocenters. The van der Waals surface area contributed by atoms with Crippen molar-refractivity contribution in [2.45, 2.75) is 32.2 Å². The van der Waals surface area contributed by atoms with Crippen molar-refractivity contribution in [2.75, 3.05) is 18.0 Å². The van der Waals surface area contributed by atoms with Gasteiger partial charge in [0.25, 0.3) is 0 Å². The molecule has 0 saturated carbocycles. The molecule has 2 nitrogen and oxygen atoms in total. The number of fused-ring (bicyclic) bond motifs is 1. The van der Waals surface area contributed by atoms with Crippen LogP contribution >= 0.6 is 0 Å². The Balaban J connectivity index is 1.97. The van der Waals surface area contributed by atoms with E-state index in [0.29, 0.717) is 0 Å². The highest BCUT2D eigenvalue weighted by molar-refractivity contribution is 5.58. The maximum Gasteiger partial charge on any atom is 0.125 e. The molecule has 2 N–H and O–H groups in total. The largest absolute Gasteiger partial charge is 0.371 e. The van der Waals surface area contributed by atoms with Crippen LogP contribution in [0.1, 0.15) is 25.3 Å². The van der Waals surface area contributed by atoms with Gasteiger partial charge in [0.05, 0.1) is 0 Å². The molecule has 0 aromatic heterocycles. The molecule has 2 rings (SSSR count). The van der Waals surface area contributed by atoms with E-state index < -0.39 is 0 Å². The molecule has 0 spiro atoms. The van der Waals surface area contributed by atoms with Crippen molar-refractivity contribution in [1.82, 2.24) is 0 Å². The number of hydrogen-bond donors (Lipinski definition) is 1. The number of halogens is 1. The summed E-state index contributed by atoms with van der Waals surface area (Å²) < 4.78 is 13.1. The Kier molecular flexibility index (Phi) is 3.44. The van der Waals surface area contributed by atoms with Crippen molar-refractivity contribution in [3.63, 3.8) is 0 Å². The minimum Gasteiger partial charge on any atom is -0.371 e. The fourth-order valence-electron chi connectivity index (χ4n) is 2.26. The third-order valence-electron chi connectivity index (χ3n) is 3.13. The Morgan fingerprint density at radius 3 is 3.06 bits per heavy atom. The maximum absolute atomic E-state index is 13.1. The van der Waals surface area contributed by atoms with E-state index in [1.165, 1.54) is 5.56 Å². The van der Waals surface area contributed by atoms with E-state index in [1.54, 1.807) is 12.1 Å². The molecule has 1 aromatic carbocycles. The molecule has 0 radical (unpaired) electrons. The zero-order valence-electron chi connectivity index (χ0n) is 9.75. The molecule has 0 bridgehead atoms. The first-order chi connectivity index (χ1) is 7.66. The van der Waals surface area contributed by atoms with Gasteiger partial charge in [0, 0.05) is 24.8 Å². The lowest BCUT2D eigenvalue weighted by molar-refractivity contribution is 0.611. The van der Waals surface area contributed by atoms with E-state index in [0.717, 1.165) is 38.0 Å². The van der Waals surface area contributed by atoms with Crippen molar-refractivity contribution in [3.8, 4) is 0 Å². The van der Waals surface area contributed by atoms with Crippen molar-refractivity contribution in [1.29, 1.82) is 0 Å². The van der Waals surface area contributed by atoms with E-state index >= 15 is 0 Å². The van der Waals surface area contributed by atoms with Crippen molar-refractivity contribution in [2.24, 2.45) is 5.73 Å². The lowest BCUT2D eigenvalue weighted by Gasteiger charge is -2.19. The summed E-state index contributed by atoms with van der Waals surface area (Å²) in [6, 6.07) is 5.35. The lowest BCUT2D eigenvalue weighted by atomic mass is 10.1. The minimum absolute atomic E-state index is 0.141. The van der Waals surface area contributed by atoms with Crippen LogP contribution in [0.5, 0.6) is 0 Å². The van der Waals surface area contributed by atoms with E-state index in [2.05, 4.69) is 4.90 Å². The van der Waals surface area contributed by atoms with Crippen LogP contribution < -0.4 is 10.6 Å². The van der Waals surface area contributed by atoms with Gasteiger partial charge in [0.2, 0.25) is 0 Å². The summed E-state index contributed by atoms with van der Waals surface area (Å²) in [6.07, 6.45) is 3.14. The smallest absolute Gasteiger partial charge is 0.125 e. The second-order valence-electron chi connectivity index (χ2n) is 4.63. The van der Waals surface area contributed by atoms with Gasteiger partial charge < -0.3 is 10.6 Å². The first-order valence-electron chi connectivity index (χ1n) is 5.96. The average Bonchev–Trinajstić information content (AvgIpc) is 2.60. The highest BCUT2D eigenvalue weighted by Crippen LogP contribution is 2.28. The molecule has 0 amide bonds. The van der Waals surface area contributed by atoms with Crippen molar-refractivity contribution >= 4 is 5.69 Å². The van der Waals surface area contributed by atoms with E-state index in [9.17, 15) is 4.39 Å². The second-order valence-corrected chi connectivity index (χ2v) is 4.63. The fraction of sp³-hybridized carbons (Fsp3) is 0.538. The summed E-state index contributed by atoms with van der Waals surface area (Å²) in [7, 11) is 0. The molecule has 0 aliphatic carbocycles. The zero-order valence-corrected chi connectivity index (χ0v) is 9.75. The summed E-state index contributed by atoms with van der Waals surface area (Å²) in [5.41, 5.74) is 8.06. The van der Waals surface area contributed by atoms with Gasteiger partial charge in [-0.05, 0) is 43.9 Å². The van der Waals surface area contributed by atoms with Gasteiger partial charge in [-0.1, -0.05) is 6.07 Å². The standard InChI is InChI=1S/C13H19FN2/c1-10(15)3-2-7-16-8-6-11-4-5-12(14)9-13(11)16/h4-5,9-10H,2-3,6-8,15H2,1H3. The number of nitrogens with zero attached hydrogens (tertiary/aromatic N) is 1. The molecule has 1 aliphatic heterocycles. The molecule has 1 unspecified atom stereocenters. The van der Waals surface area contributed by atoms with Gasteiger partial charge in [0.1, 0.15) is 5.82 Å². The summed E-state index contributed by atoms with van der Waals surface area (Å²) in [5, 5.41) is 0. The predicted octanol–water partition coefficient (Wildman–Crippen LogP) is 2.32. The molecule has 88 valence electrons. The molecular formula is C13H19FN2. The van der Waals surface area contributed by atoms with Crippen LogP contribution in [0.4, 0.5) is 10.1 Å². The van der Waals surface area contributed by atoms with E-state index in [1.807, 2.05) is 13.0 Å². The topological polar surface area (TPSA) is 29.3 Å². The van der Waals surface area contributed by atoms with Crippen LogP contribution in [0, 0.1) is 5.82 Å². The van der Waals surface area contributed by atoms with Gasteiger partial charge >= 0.3 is 0 Å². The number of benzene rings is 1. The molecule has 0 saturated heterocycles. The summed E-state index contributed by atoms with van der Waals surface area (Å²) in [4.78, 5) is 2.26. The molecule has 1 aliphatic rings. The van der Waals surface area contributed by atoms with Crippen molar-refractivity contribution < 1.29 is 4.39 Å². The van der Waals surface area contributed by atoms with Crippen LogP contribution in [0.25, 0.3) is 0 Å². The lowest BCUT2D eigenvalue weighted by Crippen LogP contribution is -2.24. The first kappa shape index (κ1) is 11.4. The summed E-state index contributed by atoms with van der Waals surface area (Å²) in [6.45, 7) is 4.02. The molecular weight excluding hydrogens is 203 g/mol. The van der Waals surface area contributed by atoms with Crippen LogP contribution in [0.15, 0.2) is 18.2 Å². The highest BCUT2D eigenvalue weighted by Gasteiger charge is 2.18. The molecule has 0 fully saturated rings. The maximum atomic E-state index is 13.1. The molecule has 3 heteroatoms.